The summed E-state index contributed by atoms with van der Waals surface area (Å²) in [6.45, 7) is 2.12. The van der Waals surface area contributed by atoms with Crippen LogP contribution in [0.25, 0.3) is 0 Å². The van der Waals surface area contributed by atoms with Crippen LogP contribution in [0.2, 0.25) is 0 Å². The number of aryl methyl sites for hydroxylation is 1. The molecule has 0 N–H and O–H groups in total. The van der Waals surface area contributed by atoms with Gasteiger partial charge >= 0.3 is 0 Å². The molecule has 0 fully saturated rings. The topological polar surface area (TPSA) is 9.23 Å². The fourth-order valence-electron chi connectivity index (χ4n) is 1.99. The summed E-state index contributed by atoms with van der Waals surface area (Å²) < 4.78 is 5.25. The van der Waals surface area contributed by atoms with Crippen LogP contribution in [-0.2, 0) is 6.42 Å². The maximum Gasteiger partial charge on any atom is 0.119 e. The fourth-order valence-corrected chi connectivity index (χ4v) is 2.65. The zero-order chi connectivity index (χ0) is 13.0. The molecular weight excluding hydrogens is 288 g/mol. The molecule has 94 valence electrons. The van der Waals surface area contributed by atoms with Crippen LogP contribution >= 0.6 is 15.9 Å². The first kappa shape index (κ1) is 13.2. The number of ether oxygens (including phenoxy) is 1. The predicted molar refractivity (Wildman–Crippen MR) is 79.5 cm³/mol. The lowest BCUT2D eigenvalue weighted by molar-refractivity contribution is 0.414. The van der Waals surface area contributed by atoms with Gasteiger partial charge in [0.05, 0.1) is 7.11 Å². The number of alkyl halides is 1. The van der Waals surface area contributed by atoms with Crippen LogP contribution in [0.1, 0.15) is 21.5 Å². The highest BCUT2D eigenvalue weighted by atomic mass is 79.9. The van der Waals surface area contributed by atoms with Gasteiger partial charge in [-0.1, -0.05) is 57.9 Å². The molecule has 0 heterocycles. The molecule has 0 radical (unpaired) electrons. The largest absolute Gasteiger partial charge is 0.497 e. The Bertz CT molecular complexity index is 522. The van der Waals surface area contributed by atoms with Gasteiger partial charge in [0.25, 0.3) is 0 Å². The molecule has 1 unspecified atom stereocenters. The highest BCUT2D eigenvalue weighted by molar-refractivity contribution is 9.09. The van der Waals surface area contributed by atoms with Crippen molar-refractivity contribution >= 4 is 15.9 Å². The Kier molecular flexibility index (Phi) is 4.43. The van der Waals surface area contributed by atoms with Gasteiger partial charge in [0.2, 0.25) is 0 Å². The Morgan fingerprint density at radius 1 is 1.11 bits per heavy atom. The van der Waals surface area contributed by atoms with Crippen molar-refractivity contribution in [2.75, 3.05) is 7.11 Å². The Labute approximate surface area is 117 Å². The molecule has 0 saturated carbocycles. The lowest BCUT2D eigenvalue weighted by Crippen LogP contribution is -1.96. The van der Waals surface area contributed by atoms with Crippen molar-refractivity contribution in [2.45, 2.75) is 18.2 Å². The molecule has 2 aromatic rings. The Morgan fingerprint density at radius 2 is 1.89 bits per heavy atom. The Balaban J connectivity index is 2.13. The summed E-state index contributed by atoms with van der Waals surface area (Å²) in [6, 6.07) is 16.8. The molecule has 2 heteroatoms. The average molecular weight is 305 g/mol. The van der Waals surface area contributed by atoms with Crippen molar-refractivity contribution in [1.82, 2.24) is 0 Å². The molecule has 0 spiro atoms. The van der Waals surface area contributed by atoms with E-state index in [-0.39, 0.29) is 0 Å². The molecule has 0 aliphatic rings. The van der Waals surface area contributed by atoms with E-state index in [9.17, 15) is 0 Å². The third-order valence-electron chi connectivity index (χ3n) is 2.95. The van der Waals surface area contributed by atoms with Crippen LogP contribution in [0.15, 0.2) is 48.5 Å². The number of hydrogen-bond acceptors (Lipinski definition) is 1. The smallest absolute Gasteiger partial charge is 0.119 e. The zero-order valence-corrected chi connectivity index (χ0v) is 12.3. The molecule has 2 rings (SSSR count). The number of benzene rings is 2. The number of rotatable bonds is 4. The average Bonchev–Trinajstić information content (AvgIpc) is 2.39. The highest BCUT2D eigenvalue weighted by Gasteiger charge is 2.09. The summed E-state index contributed by atoms with van der Waals surface area (Å²) in [4.78, 5) is 0.338. The van der Waals surface area contributed by atoms with Gasteiger partial charge in [0, 0.05) is 4.83 Å². The zero-order valence-electron chi connectivity index (χ0n) is 10.7. The second-order valence-electron chi connectivity index (χ2n) is 4.44. The van der Waals surface area contributed by atoms with Crippen LogP contribution < -0.4 is 4.74 Å². The van der Waals surface area contributed by atoms with Gasteiger partial charge in [-0.2, -0.15) is 0 Å². The van der Waals surface area contributed by atoms with Crippen molar-refractivity contribution in [3.63, 3.8) is 0 Å². The molecule has 2 aromatic carbocycles. The predicted octanol–water partition coefficient (Wildman–Crippen LogP) is 4.68. The molecular formula is C16H17BrO. The third kappa shape index (κ3) is 3.36. The molecule has 1 nitrogen and oxygen atoms in total. The van der Waals surface area contributed by atoms with Gasteiger partial charge in [0.1, 0.15) is 5.75 Å². The van der Waals surface area contributed by atoms with E-state index in [2.05, 4.69) is 59.3 Å². The first-order valence-corrected chi connectivity index (χ1v) is 6.94. The highest BCUT2D eigenvalue weighted by Crippen LogP contribution is 2.28. The lowest BCUT2D eigenvalue weighted by Gasteiger charge is -2.12. The minimum absolute atomic E-state index is 0.338. The Hall–Kier alpha value is -1.28. The van der Waals surface area contributed by atoms with Crippen molar-refractivity contribution in [3.8, 4) is 5.75 Å². The van der Waals surface area contributed by atoms with E-state index >= 15 is 0 Å². The number of hydrogen-bond donors (Lipinski definition) is 0. The number of halogens is 1. The monoisotopic (exact) mass is 304 g/mol. The number of methoxy groups -OCH3 is 1. The van der Waals surface area contributed by atoms with E-state index in [1.54, 1.807) is 7.11 Å². The van der Waals surface area contributed by atoms with E-state index < -0.39 is 0 Å². The summed E-state index contributed by atoms with van der Waals surface area (Å²) in [5, 5.41) is 0. The second-order valence-corrected chi connectivity index (χ2v) is 5.54. The molecule has 1 atom stereocenters. The first-order valence-electron chi connectivity index (χ1n) is 6.02. The first-order chi connectivity index (χ1) is 8.69. The third-order valence-corrected chi connectivity index (χ3v) is 3.81. The molecule has 0 bridgehead atoms. The summed E-state index contributed by atoms with van der Waals surface area (Å²) in [7, 11) is 1.70. The van der Waals surface area contributed by atoms with Gasteiger partial charge in [-0.25, -0.2) is 0 Å². The van der Waals surface area contributed by atoms with E-state index in [4.69, 9.17) is 4.74 Å². The molecule has 18 heavy (non-hydrogen) atoms. The van der Waals surface area contributed by atoms with Crippen LogP contribution in [0.3, 0.4) is 0 Å². The summed E-state index contributed by atoms with van der Waals surface area (Å²) in [5.74, 6) is 0.913. The van der Waals surface area contributed by atoms with Gasteiger partial charge < -0.3 is 4.74 Å². The summed E-state index contributed by atoms with van der Waals surface area (Å²) >= 11 is 3.76. The van der Waals surface area contributed by atoms with Crippen molar-refractivity contribution < 1.29 is 4.74 Å². The van der Waals surface area contributed by atoms with Crippen molar-refractivity contribution in [1.29, 1.82) is 0 Å². The van der Waals surface area contributed by atoms with Gasteiger partial charge in [-0.05, 0) is 36.6 Å². The van der Waals surface area contributed by atoms with E-state index in [1.165, 1.54) is 16.7 Å². The quantitative estimate of drug-likeness (QED) is 0.745. The molecule has 0 aliphatic carbocycles. The van der Waals surface area contributed by atoms with Crippen LogP contribution in [-0.4, -0.2) is 7.11 Å². The maximum absolute atomic E-state index is 5.25. The van der Waals surface area contributed by atoms with E-state index in [0.717, 1.165) is 12.2 Å². The van der Waals surface area contributed by atoms with Gasteiger partial charge in [-0.15, -0.1) is 0 Å². The van der Waals surface area contributed by atoms with Crippen LogP contribution in [0.5, 0.6) is 5.75 Å². The summed E-state index contributed by atoms with van der Waals surface area (Å²) in [6.07, 6.45) is 0.959. The summed E-state index contributed by atoms with van der Waals surface area (Å²) in [5.41, 5.74) is 3.89. The second kappa shape index (κ2) is 6.05. The standard InChI is InChI=1S/C16H17BrO/c1-12-5-3-7-14(9-12)16(17)11-13-6-4-8-15(10-13)18-2/h3-10,16H,11H2,1-2H3. The van der Waals surface area contributed by atoms with Crippen LogP contribution in [0, 0.1) is 6.92 Å². The van der Waals surface area contributed by atoms with Crippen molar-refractivity contribution in [3.05, 3.63) is 65.2 Å². The van der Waals surface area contributed by atoms with Gasteiger partial charge in [0.15, 0.2) is 0 Å². The SMILES string of the molecule is COc1cccc(CC(Br)c2cccc(C)c2)c1. The van der Waals surface area contributed by atoms with Gasteiger partial charge in [-0.3, -0.25) is 0 Å². The fraction of sp³-hybridized carbons (Fsp3) is 0.250. The maximum atomic E-state index is 5.25. The lowest BCUT2D eigenvalue weighted by atomic mass is 10.0. The Morgan fingerprint density at radius 3 is 2.61 bits per heavy atom. The normalized spacial score (nSPS) is 12.2. The van der Waals surface area contributed by atoms with E-state index in [1.807, 2.05) is 12.1 Å². The molecule has 0 saturated heterocycles. The molecule has 0 aliphatic heterocycles. The minimum Gasteiger partial charge on any atom is -0.497 e. The minimum atomic E-state index is 0.338. The van der Waals surface area contributed by atoms with E-state index in [0.29, 0.717) is 4.83 Å². The molecule has 0 amide bonds. The molecule has 0 aromatic heterocycles. The van der Waals surface area contributed by atoms with Crippen molar-refractivity contribution in [2.24, 2.45) is 0 Å². The van der Waals surface area contributed by atoms with Crippen LogP contribution in [0.4, 0.5) is 0 Å².